The van der Waals surface area contributed by atoms with Gasteiger partial charge in [0.15, 0.2) is 5.11 Å². The third kappa shape index (κ3) is 9.31. The molecule has 0 aromatic heterocycles. The number of unbranched alkanes of at least 4 members (excludes halogenated alkanes) is 6. The summed E-state index contributed by atoms with van der Waals surface area (Å²) in [7, 11) is 0. The van der Waals surface area contributed by atoms with Crippen LogP contribution >= 0.6 is 28.1 Å². The molecule has 0 aliphatic rings. The number of benzene rings is 1. The van der Waals surface area contributed by atoms with E-state index in [-0.39, 0.29) is 0 Å². The van der Waals surface area contributed by atoms with Crippen LogP contribution in [0.5, 0.6) is 0 Å². The molecular weight excluding hydrogens is 368 g/mol. The van der Waals surface area contributed by atoms with Crippen molar-refractivity contribution in [2.24, 2.45) is 0 Å². The van der Waals surface area contributed by atoms with Gasteiger partial charge in [-0.05, 0) is 49.3 Å². The maximum Gasteiger partial charge on any atom is 0.173 e. The molecule has 0 saturated carbocycles. The molecule has 0 unspecified atom stereocenters. The number of thiocarbonyl (C=S) groups is 1. The van der Waals surface area contributed by atoms with Gasteiger partial charge in [-0.15, -0.1) is 0 Å². The molecule has 0 bridgehead atoms. The van der Waals surface area contributed by atoms with Crippen molar-refractivity contribution in [2.75, 3.05) is 18.4 Å². The smallest absolute Gasteiger partial charge is 0.173 e. The van der Waals surface area contributed by atoms with Crippen molar-refractivity contribution >= 4 is 38.9 Å². The maximum atomic E-state index is 5.65. The van der Waals surface area contributed by atoms with Gasteiger partial charge in [0.05, 0.1) is 0 Å². The van der Waals surface area contributed by atoms with Crippen molar-refractivity contribution in [3.8, 4) is 0 Å². The number of halogens is 1. The number of hydrogen-bond acceptors (Lipinski definition) is 1. The Morgan fingerprint density at radius 3 is 1.91 bits per heavy atom. The van der Waals surface area contributed by atoms with Crippen LogP contribution in [0.1, 0.15) is 65.2 Å². The summed E-state index contributed by atoms with van der Waals surface area (Å²) in [5.74, 6) is 0. The van der Waals surface area contributed by atoms with Gasteiger partial charge >= 0.3 is 0 Å². The molecule has 0 amide bonds. The van der Waals surface area contributed by atoms with Crippen molar-refractivity contribution in [2.45, 2.75) is 65.2 Å². The number of nitrogens with one attached hydrogen (secondary N) is 1. The first kappa shape index (κ1) is 20.4. The SMILES string of the molecule is CCCCCCN(CCCCCC)C(=S)Nc1ccc(Br)cc1. The number of rotatable bonds is 11. The van der Waals surface area contributed by atoms with Crippen LogP contribution < -0.4 is 5.32 Å². The summed E-state index contributed by atoms with van der Waals surface area (Å²) >= 11 is 9.12. The summed E-state index contributed by atoms with van der Waals surface area (Å²) in [6.45, 7) is 6.63. The van der Waals surface area contributed by atoms with Crippen LogP contribution in [0.3, 0.4) is 0 Å². The van der Waals surface area contributed by atoms with Gasteiger partial charge in [-0.25, -0.2) is 0 Å². The first-order chi connectivity index (χ1) is 11.2. The zero-order chi connectivity index (χ0) is 16.9. The molecular formula is C19H31BrN2S. The summed E-state index contributed by atoms with van der Waals surface area (Å²) in [5.41, 5.74) is 1.06. The molecule has 0 aliphatic heterocycles. The Bertz CT molecular complexity index is 422. The molecule has 130 valence electrons. The Kier molecular flexibility index (Phi) is 11.3. The van der Waals surface area contributed by atoms with Crippen molar-refractivity contribution in [1.82, 2.24) is 4.90 Å². The van der Waals surface area contributed by atoms with Crippen LogP contribution in [0.25, 0.3) is 0 Å². The fraction of sp³-hybridized carbons (Fsp3) is 0.632. The normalized spacial score (nSPS) is 10.6. The Labute approximate surface area is 156 Å². The average molecular weight is 399 g/mol. The minimum Gasteiger partial charge on any atom is -0.349 e. The van der Waals surface area contributed by atoms with Gasteiger partial charge in [-0.3, -0.25) is 0 Å². The van der Waals surface area contributed by atoms with E-state index in [2.05, 4.69) is 52.1 Å². The van der Waals surface area contributed by atoms with Crippen LogP contribution in [0.2, 0.25) is 0 Å². The van der Waals surface area contributed by atoms with Gasteiger partial charge in [-0.2, -0.15) is 0 Å². The van der Waals surface area contributed by atoms with Gasteiger partial charge in [0.1, 0.15) is 0 Å². The second-order valence-corrected chi connectivity index (χ2v) is 7.35. The van der Waals surface area contributed by atoms with Crippen molar-refractivity contribution in [3.63, 3.8) is 0 Å². The fourth-order valence-electron chi connectivity index (χ4n) is 2.51. The molecule has 1 rings (SSSR count). The third-order valence-electron chi connectivity index (χ3n) is 3.95. The molecule has 4 heteroatoms. The molecule has 0 saturated heterocycles. The van der Waals surface area contributed by atoms with Gasteiger partial charge in [0, 0.05) is 23.2 Å². The summed E-state index contributed by atoms with van der Waals surface area (Å²) < 4.78 is 1.09. The summed E-state index contributed by atoms with van der Waals surface area (Å²) in [5, 5.41) is 4.25. The highest BCUT2D eigenvalue weighted by Gasteiger charge is 2.09. The lowest BCUT2D eigenvalue weighted by molar-refractivity contribution is 0.391. The number of nitrogens with zero attached hydrogens (tertiary/aromatic N) is 1. The Balaban J connectivity index is 2.49. The average Bonchev–Trinajstić information content (AvgIpc) is 2.55. The summed E-state index contributed by atoms with van der Waals surface area (Å²) in [6, 6.07) is 8.20. The molecule has 0 aliphatic carbocycles. The molecule has 0 fully saturated rings. The molecule has 0 spiro atoms. The second kappa shape index (κ2) is 12.8. The van der Waals surface area contributed by atoms with E-state index in [0.717, 1.165) is 28.4 Å². The van der Waals surface area contributed by atoms with Crippen LogP contribution in [0.4, 0.5) is 5.69 Å². The highest BCUT2D eigenvalue weighted by Crippen LogP contribution is 2.15. The van der Waals surface area contributed by atoms with E-state index in [1.165, 1.54) is 51.4 Å². The Morgan fingerprint density at radius 2 is 1.43 bits per heavy atom. The van der Waals surface area contributed by atoms with Crippen LogP contribution in [-0.4, -0.2) is 23.1 Å². The fourth-order valence-corrected chi connectivity index (χ4v) is 3.07. The lowest BCUT2D eigenvalue weighted by Crippen LogP contribution is -2.36. The second-order valence-electron chi connectivity index (χ2n) is 6.05. The summed E-state index contributed by atoms with van der Waals surface area (Å²) in [4.78, 5) is 2.35. The number of hydrogen-bond donors (Lipinski definition) is 1. The topological polar surface area (TPSA) is 15.3 Å². The lowest BCUT2D eigenvalue weighted by atomic mass is 10.2. The van der Waals surface area contributed by atoms with E-state index in [9.17, 15) is 0 Å². The molecule has 0 heterocycles. The van der Waals surface area contributed by atoms with E-state index in [4.69, 9.17) is 12.2 Å². The zero-order valence-electron chi connectivity index (χ0n) is 14.6. The molecule has 2 nitrogen and oxygen atoms in total. The highest BCUT2D eigenvalue weighted by atomic mass is 79.9. The first-order valence-corrected chi connectivity index (χ1v) is 10.2. The van der Waals surface area contributed by atoms with Gasteiger partial charge < -0.3 is 10.2 Å². The van der Waals surface area contributed by atoms with Crippen molar-refractivity contribution in [3.05, 3.63) is 28.7 Å². The number of anilines is 1. The quantitative estimate of drug-likeness (QED) is 0.333. The first-order valence-electron chi connectivity index (χ1n) is 8.98. The van der Waals surface area contributed by atoms with Crippen LogP contribution in [0.15, 0.2) is 28.7 Å². The minimum atomic E-state index is 0.861. The minimum absolute atomic E-state index is 0.861. The standard InChI is InChI=1S/C19H31BrN2S/c1-3-5-7-9-15-22(16-10-8-6-4-2)19(23)21-18-13-11-17(20)12-14-18/h11-14H,3-10,15-16H2,1-2H3,(H,21,23). The molecule has 1 aromatic carbocycles. The van der Waals surface area contributed by atoms with Gasteiger partial charge in [0.2, 0.25) is 0 Å². The van der Waals surface area contributed by atoms with E-state index in [1.807, 2.05) is 12.1 Å². The molecule has 0 atom stereocenters. The highest BCUT2D eigenvalue weighted by molar-refractivity contribution is 9.10. The van der Waals surface area contributed by atoms with E-state index >= 15 is 0 Å². The van der Waals surface area contributed by atoms with Gasteiger partial charge in [-0.1, -0.05) is 68.3 Å². The van der Waals surface area contributed by atoms with E-state index < -0.39 is 0 Å². The monoisotopic (exact) mass is 398 g/mol. The molecule has 0 radical (unpaired) electrons. The van der Waals surface area contributed by atoms with E-state index in [1.54, 1.807) is 0 Å². The largest absolute Gasteiger partial charge is 0.349 e. The molecule has 1 aromatic rings. The van der Waals surface area contributed by atoms with Crippen molar-refractivity contribution < 1.29 is 0 Å². The van der Waals surface area contributed by atoms with Gasteiger partial charge in [0.25, 0.3) is 0 Å². The van der Waals surface area contributed by atoms with E-state index in [0.29, 0.717) is 0 Å². The predicted molar refractivity (Wildman–Crippen MR) is 110 cm³/mol. The predicted octanol–water partition coefficient (Wildman–Crippen LogP) is 6.61. The Hall–Kier alpha value is -0.610. The van der Waals surface area contributed by atoms with Crippen LogP contribution in [0, 0.1) is 0 Å². The van der Waals surface area contributed by atoms with Crippen LogP contribution in [-0.2, 0) is 0 Å². The lowest BCUT2D eigenvalue weighted by Gasteiger charge is -2.26. The summed E-state index contributed by atoms with van der Waals surface area (Å²) in [6.07, 6.45) is 10.2. The molecule has 23 heavy (non-hydrogen) atoms. The Morgan fingerprint density at radius 1 is 0.913 bits per heavy atom. The van der Waals surface area contributed by atoms with Crippen molar-refractivity contribution in [1.29, 1.82) is 0 Å². The zero-order valence-corrected chi connectivity index (χ0v) is 17.0. The maximum absolute atomic E-state index is 5.65. The molecule has 1 N–H and O–H groups in total. The third-order valence-corrected chi connectivity index (χ3v) is 4.83.